The van der Waals surface area contributed by atoms with Crippen molar-refractivity contribution in [1.82, 2.24) is 14.7 Å². The van der Waals surface area contributed by atoms with E-state index in [4.69, 9.17) is 5.10 Å². The first-order chi connectivity index (χ1) is 12.7. The van der Waals surface area contributed by atoms with Crippen molar-refractivity contribution in [1.29, 1.82) is 0 Å². The first kappa shape index (κ1) is 16.6. The van der Waals surface area contributed by atoms with E-state index in [0.717, 1.165) is 42.9 Å². The van der Waals surface area contributed by atoms with Crippen LogP contribution in [0.3, 0.4) is 0 Å². The Labute approximate surface area is 154 Å². The van der Waals surface area contributed by atoms with Gasteiger partial charge >= 0.3 is 0 Å². The number of benzene rings is 2. The lowest BCUT2D eigenvalue weighted by Gasteiger charge is -2.16. The molecule has 2 aromatic carbocycles. The molecule has 132 valence electrons. The maximum atomic E-state index is 12.6. The lowest BCUT2D eigenvalue weighted by Crippen LogP contribution is -2.29. The minimum atomic E-state index is 0.134. The van der Waals surface area contributed by atoms with Crippen LogP contribution in [0.1, 0.15) is 22.3 Å². The van der Waals surface area contributed by atoms with Crippen LogP contribution in [0.4, 0.5) is 0 Å². The van der Waals surface area contributed by atoms with Crippen LogP contribution in [0, 0.1) is 12.8 Å². The molecule has 0 radical (unpaired) electrons. The van der Waals surface area contributed by atoms with Gasteiger partial charge in [0, 0.05) is 37.0 Å². The summed E-state index contributed by atoms with van der Waals surface area (Å²) in [6, 6.07) is 19.8. The zero-order valence-electron chi connectivity index (χ0n) is 15.0. The average molecular weight is 345 g/mol. The maximum absolute atomic E-state index is 12.6. The van der Waals surface area contributed by atoms with Gasteiger partial charge in [-0.1, -0.05) is 48.5 Å². The van der Waals surface area contributed by atoms with E-state index in [-0.39, 0.29) is 5.91 Å². The summed E-state index contributed by atoms with van der Waals surface area (Å²) in [7, 11) is 0. The molecule has 1 unspecified atom stereocenters. The predicted molar refractivity (Wildman–Crippen MR) is 103 cm³/mol. The smallest absolute Gasteiger partial charge is 0.253 e. The molecule has 1 amide bonds. The normalized spacial score (nSPS) is 16.8. The van der Waals surface area contributed by atoms with E-state index >= 15 is 0 Å². The van der Waals surface area contributed by atoms with Crippen LogP contribution in [-0.2, 0) is 6.54 Å². The minimum absolute atomic E-state index is 0.134. The Kier molecular flexibility index (Phi) is 4.57. The summed E-state index contributed by atoms with van der Waals surface area (Å²) in [5.41, 5.74) is 4.15. The molecule has 0 bridgehead atoms. The first-order valence-corrected chi connectivity index (χ1v) is 9.14. The second-order valence-electron chi connectivity index (χ2n) is 7.02. The molecule has 1 aliphatic heterocycles. The molecular weight excluding hydrogens is 322 g/mol. The number of hydrogen-bond acceptors (Lipinski definition) is 2. The van der Waals surface area contributed by atoms with Crippen LogP contribution in [0.2, 0.25) is 0 Å². The highest BCUT2D eigenvalue weighted by Crippen LogP contribution is 2.24. The quantitative estimate of drug-likeness (QED) is 0.716. The second-order valence-corrected chi connectivity index (χ2v) is 7.02. The molecular formula is C22H23N3O. The van der Waals surface area contributed by atoms with Gasteiger partial charge in [-0.05, 0) is 37.0 Å². The molecule has 0 spiro atoms. The van der Waals surface area contributed by atoms with Gasteiger partial charge in [-0.2, -0.15) is 5.10 Å². The molecule has 4 rings (SSSR count). The third kappa shape index (κ3) is 3.40. The third-order valence-corrected chi connectivity index (χ3v) is 5.03. The lowest BCUT2D eigenvalue weighted by molar-refractivity contribution is 0.0785. The van der Waals surface area contributed by atoms with Gasteiger partial charge in [-0.3, -0.25) is 9.48 Å². The number of rotatable bonds is 4. The van der Waals surface area contributed by atoms with Crippen LogP contribution >= 0.6 is 0 Å². The Bertz CT molecular complexity index is 886. The van der Waals surface area contributed by atoms with E-state index < -0.39 is 0 Å². The van der Waals surface area contributed by atoms with E-state index in [1.165, 1.54) is 5.56 Å². The van der Waals surface area contributed by atoms with Crippen LogP contribution in [0.5, 0.6) is 0 Å². The van der Waals surface area contributed by atoms with Gasteiger partial charge in [-0.25, -0.2) is 0 Å². The van der Waals surface area contributed by atoms with Crippen molar-refractivity contribution < 1.29 is 4.79 Å². The Morgan fingerprint density at radius 2 is 1.77 bits per heavy atom. The van der Waals surface area contributed by atoms with Crippen LogP contribution in [-0.4, -0.2) is 33.7 Å². The average Bonchev–Trinajstić information content (AvgIpc) is 3.29. The molecule has 3 aromatic rings. The lowest BCUT2D eigenvalue weighted by atomic mass is 10.1. The SMILES string of the molecule is Cc1cn(CC2CCN(C(=O)c3ccccc3)C2)nc1-c1ccccc1. The summed E-state index contributed by atoms with van der Waals surface area (Å²) < 4.78 is 2.04. The van der Waals surface area contributed by atoms with Crippen molar-refractivity contribution >= 4 is 5.91 Å². The van der Waals surface area contributed by atoms with Gasteiger partial charge in [0.05, 0.1) is 5.69 Å². The van der Waals surface area contributed by atoms with E-state index in [1.807, 2.05) is 58.1 Å². The summed E-state index contributed by atoms with van der Waals surface area (Å²) >= 11 is 0. The van der Waals surface area contributed by atoms with Crippen LogP contribution in [0.15, 0.2) is 66.9 Å². The Balaban J connectivity index is 1.42. The van der Waals surface area contributed by atoms with Gasteiger partial charge in [0.15, 0.2) is 0 Å². The second kappa shape index (κ2) is 7.16. The maximum Gasteiger partial charge on any atom is 0.253 e. The minimum Gasteiger partial charge on any atom is -0.338 e. The van der Waals surface area contributed by atoms with Gasteiger partial charge in [0.2, 0.25) is 0 Å². The molecule has 1 fully saturated rings. The van der Waals surface area contributed by atoms with Gasteiger partial charge in [-0.15, -0.1) is 0 Å². The Morgan fingerprint density at radius 1 is 1.08 bits per heavy atom. The van der Waals surface area contributed by atoms with Gasteiger partial charge in [0.1, 0.15) is 0 Å². The number of carbonyl (C=O) groups excluding carboxylic acids is 1. The number of carbonyl (C=O) groups is 1. The molecule has 0 aliphatic carbocycles. The molecule has 1 saturated heterocycles. The van der Waals surface area contributed by atoms with Crippen molar-refractivity contribution in [2.75, 3.05) is 13.1 Å². The van der Waals surface area contributed by atoms with Gasteiger partial charge in [0.25, 0.3) is 5.91 Å². The molecule has 26 heavy (non-hydrogen) atoms. The monoisotopic (exact) mass is 345 g/mol. The molecule has 0 N–H and O–H groups in total. The van der Waals surface area contributed by atoms with Crippen LogP contribution < -0.4 is 0 Å². The van der Waals surface area contributed by atoms with Crippen molar-refractivity contribution in [2.45, 2.75) is 19.9 Å². The summed E-state index contributed by atoms with van der Waals surface area (Å²) in [4.78, 5) is 14.6. The highest BCUT2D eigenvalue weighted by Gasteiger charge is 2.27. The highest BCUT2D eigenvalue weighted by molar-refractivity contribution is 5.94. The first-order valence-electron chi connectivity index (χ1n) is 9.14. The number of hydrogen-bond donors (Lipinski definition) is 0. The Hall–Kier alpha value is -2.88. The molecule has 4 nitrogen and oxygen atoms in total. The number of likely N-dealkylation sites (tertiary alicyclic amines) is 1. The molecule has 1 aliphatic rings. The summed E-state index contributed by atoms with van der Waals surface area (Å²) in [6.07, 6.45) is 3.14. The molecule has 1 aromatic heterocycles. The standard InChI is InChI=1S/C22H23N3O/c1-17-14-25(23-21(17)19-8-4-2-5-9-19)16-18-12-13-24(15-18)22(26)20-10-6-3-7-11-20/h2-11,14,18H,12-13,15-16H2,1H3. The van der Waals surface area contributed by atoms with Crippen molar-refractivity contribution in [2.24, 2.45) is 5.92 Å². The van der Waals surface area contributed by atoms with Crippen LogP contribution in [0.25, 0.3) is 11.3 Å². The van der Waals surface area contributed by atoms with E-state index in [0.29, 0.717) is 5.92 Å². The fourth-order valence-corrected chi connectivity index (χ4v) is 3.69. The Morgan fingerprint density at radius 3 is 2.50 bits per heavy atom. The molecule has 2 heterocycles. The zero-order valence-corrected chi connectivity index (χ0v) is 15.0. The van der Waals surface area contributed by atoms with E-state index in [9.17, 15) is 4.79 Å². The summed E-state index contributed by atoms with van der Waals surface area (Å²) in [5, 5.41) is 4.78. The largest absolute Gasteiger partial charge is 0.338 e. The van der Waals surface area contributed by atoms with Crippen molar-refractivity contribution in [3.63, 3.8) is 0 Å². The zero-order chi connectivity index (χ0) is 17.9. The number of nitrogens with zero attached hydrogens (tertiary/aromatic N) is 3. The highest BCUT2D eigenvalue weighted by atomic mass is 16.2. The molecule has 1 atom stereocenters. The molecule has 4 heteroatoms. The summed E-state index contributed by atoms with van der Waals surface area (Å²) in [6.45, 7) is 4.58. The van der Waals surface area contributed by atoms with Gasteiger partial charge < -0.3 is 4.90 Å². The fourth-order valence-electron chi connectivity index (χ4n) is 3.69. The predicted octanol–water partition coefficient (Wildman–Crippen LogP) is 4.02. The third-order valence-electron chi connectivity index (χ3n) is 5.03. The van der Waals surface area contributed by atoms with Crippen molar-refractivity contribution in [3.8, 4) is 11.3 Å². The summed E-state index contributed by atoms with van der Waals surface area (Å²) in [5.74, 6) is 0.584. The number of aromatic nitrogens is 2. The van der Waals surface area contributed by atoms with E-state index in [2.05, 4.69) is 25.3 Å². The van der Waals surface area contributed by atoms with Crippen molar-refractivity contribution in [3.05, 3.63) is 78.0 Å². The number of amides is 1. The van der Waals surface area contributed by atoms with E-state index in [1.54, 1.807) is 0 Å². The fraction of sp³-hybridized carbons (Fsp3) is 0.273. The number of aryl methyl sites for hydroxylation is 1. The molecule has 0 saturated carbocycles. The topological polar surface area (TPSA) is 38.1 Å².